The number of H-pyrrole nitrogens is 1. The lowest BCUT2D eigenvalue weighted by Crippen LogP contribution is -2.34. The van der Waals surface area contributed by atoms with Crippen LogP contribution in [0.2, 0.25) is 0 Å². The molecule has 0 aromatic carbocycles. The van der Waals surface area contributed by atoms with Gasteiger partial charge < -0.3 is 10.1 Å². The first-order valence-corrected chi connectivity index (χ1v) is 4.08. The summed E-state index contributed by atoms with van der Waals surface area (Å²) in [5.41, 5.74) is -0.780. The summed E-state index contributed by atoms with van der Waals surface area (Å²) in [4.78, 5) is 24.6. The topological polar surface area (TPSA) is 75.1 Å². The minimum Gasteiger partial charge on any atom is -0.393 e. The highest BCUT2D eigenvalue weighted by Gasteiger charge is 2.01. The Morgan fingerprint density at radius 3 is 2.85 bits per heavy atom. The molecule has 72 valence electrons. The van der Waals surface area contributed by atoms with E-state index >= 15 is 0 Å². The van der Waals surface area contributed by atoms with Crippen LogP contribution in [0.15, 0.2) is 21.9 Å². The van der Waals surface area contributed by atoms with Crippen molar-refractivity contribution in [3.8, 4) is 0 Å². The molecule has 0 fully saturated rings. The third-order valence-corrected chi connectivity index (χ3v) is 1.71. The molecule has 1 aromatic rings. The van der Waals surface area contributed by atoms with E-state index in [9.17, 15) is 9.59 Å². The zero-order valence-electron chi connectivity index (χ0n) is 7.36. The summed E-state index contributed by atoms with van der Waals surface area (Å²) in [5, 5.41) is 8.97. The molecule has 0 radical (unpaired) electrons. The fraction of sp³-hybridized carbons (Fsp3) is 0.500. The van der Waals surface area contributed by atoms with Gasteiger partial charge in [0.15, 0.2) is 0 Å². The van der Waals surface area contributed by atoms with E-state index in [0.29, 0.717) is 6.42 Å². The second kappa shape index (κ2) is 4.04. The molecule has 5 heteroatoms. The van der Waals surface area contributed by atoms with Crippen molar-refractivity contribution in [1.29, 1.82) is 0 Å². The van der Waals surface area contributed by atoms with E-state index in [1.807, 2.05) is 0 Å². The fourth-order valence-corrected chi connectivity index (χ4v) is 0.980. The van der Waals surface area contributed by atoms with Gasteiger partial charge in [-0.15, -0.1) is 0 Å². The lowest BCUT2D eigenvalue weighted by molar-refractivity contribution is 0.177. The van der Waals surface area contributed by atoms with Gasteiger partial charge in [0.05, 0.1) is 6.10 Å². The highest BCUT2D eigenvalue weighted by molar-refractivity contribution is 4.82. The average molecular weight is 184 g/mol. The van der Waals surface area contributed by atoms with E-state index in [4.69, 9.17) is 5.11 Å². The molecule has 13 heavy (non-hydrogen) atoms. The first-order chi connectivity index (χ1) is 6.11. The Kier molecular flexibility index (Phi) is 3.02. The SMILES string of the molecule is CC(O)CCn1c(=O)cc[nH]c1=O. The maximum atomic E-state index is 11.1. The Labute approximate surface area is 74.7 Å². The molecule has 1 unspecified atom stereocenters. The molecule has 0 saturated carbocycles. The lowest BCUT2D eigenvalue weighted by Gasteiger charge is -2.04. The molecule has 5 nitrogen and oxygen atoms in total. The first-order valence-electron chi connectivity index (χ1n) is 4.08. The molecule has 1 rings (SSSR count). The standard InChI is InChI=1S/C8H12N2O3/c1-6(11)3-5-10-7(12)2-4-9-8(10)13/h2,4,6,11H,3,5H2,1H3,(H,9,13). The molecule has 0 bridgehead atoms. The van der Waals surface area contributed by atoms with Gasteiger partial charge in [-0.3, -0.25) is 9.36 Å². The van der Waals surface area contributed by atoms with Gasteiger partial charge in [-0.2, -0.15) is 0 Å². The number of rotatable bonds is 3. The summed E-state index contributed by atoms with van der Waals surface area (Å²) in [5.74, 6) is 0. The Bertz CT molecular complexity index is 349. The fourth-order valence-electron chi connectivity index (χ4n) is 0.980. The monoisotopic (exact) mass is 184 g/mol. The summed E-state index contributed by atoms with van der Waals surface area (Å²) in [6, 6.07) is 1.28. The van der Waals surface area contributed by atoms with E-state index < -0.39 is 11.8 Å². The van der Waals surface area contributed by atoms with Crippen LogP contribution in [0.5, 0.6) is 0 Å². The molecule has 1 aromatic heterocycles. The van der Waals surface area contributed by atoms with Crippen LogP contribution in [0.3, 0.4) is 0 Å². The quantitative estimate of drug-likeness (QED) is 0.652. The lowest BCUT2D eigenvalue weighted by atomic mass is 10.3. The highest BCUT2D eigenvalue weighted by atomic mass is 16.3. The number of aliphatic hydroxyl groups is 1. The van der Waals surface area contributed by atoms with E-state index in [1.54, 1.807) is 6.92 Å². The van der Waals surface area contributed by atoms with Crippen molar-refractivity contribution in [2.45, 2.75) is 26.0 Å². The van der Waals surface area contributed by atoms with Gasteiger partial charge in [0.1, 0.15) is 0 Å². The summed E-state index contributed by atoms with van der Waals surface area (Å²) >= 11 is 0. The summed E-state index contributed by atoms with van der Waals surface area (Å²) in [6.45, 7) is 1.86. The molecule has 2 N–H and O–H groups in total. The Balaban J connectivity index is 2.88. The molecule has 0 aliphatic heterocycles. The van der Waals surface area contributed by atoms with Crippen molar-refractivity contribution in [3.05, 3.63) is 33.1 Å². The number of hydrogen-bond donors (Lipinski definition) is 2. The van der Waals surface area contributed by atoms with Crippen LogP contribution in [-0.2, 0) is 6.54 Å². The summed E-state index contributed by atoms with van der Waals surface area (Å²) in [6.07, 6.45) is 1.20. The van der Waals surface area contributed by atoms with Crippen molar-refractivity contribution in [1.82, 2.24) is 9.55 Å². The summed E-state index contributed by atoms with van der Waals surface area (Å²) < 4.78 is 1.06. The van der Waals surface area contributed by atoms with Crippen molar-refractivity contribution in [2.75, 3.05) is 0 Å². The van der Waals surface area contributed by atoms with Crippen LogP contribution in [0.4, 0.5) is 0 Å². The molecule has 0 aliphatic carbocycles. The maximum Gasteiger partial charge on any atom is 0.328 e. The molecule has 0 spiro atoms. The van der Waals surface area contributed by atoms with Crippen LogP contribution >= 0.6 is 0 Å². The molecule has 0 aliphatic rings. The third kappa shape index (κ3) is 2.55. The number of nitrogens with one attached hydrogen (secondary N) is 1. The minimum atomic E-state index is -0.508. The van der Waals surface area contributed by atoms with Crippen molar-refractivity contribution < 1.29 is 5.11 Å². The van der Waals surface area contributed by atoms with Gasteiger partial charge in [0, 0.05) is 18.8 Å². The largest absolute Gasteiger partial charge is 0.393 e. The smallest absolute Gasteiger partial charge is 0.328 e. The number of nitrogens with zero attached hydrogens (tertiary/aromatic N) is 1. The minimum absolute atomic E-state index is 0.243. The predicted molar refractivity (Wildman–Crippen MR) is 47.6 cm³/mol. The van der Waals surface area contributed by atoms with Gasteiger partial charge in [0.2, 0.25) is 0 Å². The zero-order chi connectivity index (χ0) is 9.84. The number of aliphatic hydroxyl groups excluding tert-OH is 1. The van der Waals surface area contributed by atoms with E-state index in [0.717, 1.165) is 4.57 Å². The van der Waals surface area contributed by atoms with Gasteiger partial charge in [0.25, 0.3) is 5.56 Å². The zero-order valence-corrected chi connectivity index (χ0v) is 7.36. The third-order valence-electron chi connectivity index (χ3n) is 1.71. The van der Waals surface area contributed by atoms with Crippen LogP contribution in [0.25, 0.3) is 0 Å². The maximum absolute atomic E-state index is 11.1. The number of aromatic amines is 1. The van der Waals surface area contributed by atoms with E-state index in [-0.39, 0.29) is 12.1 Å². The molecule has 0 saturated heterocycles. The molecule has 0 amide bonds. The second-order valence-corrected chi connectivity index (χ2v) is 2.91. The first kappa shape index (κ1) is 9.73. The normalized spacial score (nSPS) is 12.8. The van der Waals surface area contributed by atoms with Gasteiger partial charge >= 0.3 is 5.69 Å². The van der Waals surface area contributed by atoms with Crippen LogP contribution < -0.4 is 11.2 Å². The Morgan fingerprint density at radius 1 is 1.62 bits per heavy atom. The second-order valence-electron chi connectivity index (χ2n) is 2.91. The highest BCUT2D eigenvalue weighted by Crippen LogP contribution is 1.89. The van der Waals surface area contributed by atoms with E-state index in [2.05, 4.69) is 4.98 Å². The van der Waals surface area contributed by atoms with Crippen LogP contribution in [0, 0.1) is 0 Å². The summed E-state index contributed by atoms with van der Waals surface area (Å²) in [7, 11) is 0. The Hall–Kier alpha value is -1.36. The molecule has 1 heterocycles. The number of hydrogen-bond acceptors (Lipinski definition) is 3. The number of aromatic nitrogens is 2. The van der Waals surface area contributed by atoms with Crippen molar-refractivity contribution in [2.24, 2.45) is 0 Å². The molecular formula is C8H12N2O3. The van der Waals surface area contributed by atoms with Gasteiger partial charge in [-0.05, 0) is 13.3 Å². The van der Waals surface area contributed by atoms with Crippen molar-refractivity contribution >= 4 is 0 Å². The Morgan fingerprint density at radius 2 is 2.31 bits per heavy atom. The van der Waals surface area contributed by atoms with Crippen LogP contribution in [0.1, 0.15) is 13.3 Å². The van der Waals surface area contributed by atoms with Crippen molar-refractivity contribution in [3.63, 3.8) is 0 Å². The van der Waals surface area contributed by atoms with Crippen LogP contribution in [-0.4, -0.2) is 20.8 Å². The molecular weight excluding hydrogens is 172 g/mol. The van der Waals surface area contributed by atoms with Gasteiger partial charge in [-0.1, -0.05) is 0 Å². The predicted octanol–water partition coefficient (Wildman–Crippen LogP) is -0.693. The van der Waals surface area contributed by atoms with Gasteiger partial charge in [-0.25, -0.2) is 4.79 Å². The average Bonchev–Trinajstić information content (AvgIpc) is 2.03. The van der Waals surface area contributed by atoms with E-state index in [1.165, 1.54) is 12.3 Å². The molecule has 1 atom stereocenters.